The minimum absolute atomic E-state index is 0.203. The average Bonchev–Trinajstić information content (AvgIpc) is 2.25. The van der Waals surface area contributed by atoms with E-state index in [0.29, 0.717) is 5.82 Å². The van der Waals surface area contributed by atoms with Crippen LogP contribution in [-0.2, 0) is 0 Å². The van der Waals surface area contributed by atoms with Crippen molar-refractivity contribution >= 4 is 39.0 Å². The number of pyridine rings is 1. The summed E-state index contributed by atoms with van der Waals surface area (Å²) in [5.74, 6) is 0.626. The quantitative estimate of drug-likeness (QED) is 0.862. The van der Waals surface area contributed by atoms with Crippen molar-refractivity contribution in [3.05, 3.63) is 40.5 Å². The van der Waals surface area contributed by atoms with Crippen LogP contribution in [0.25, 0.3) is 0 Å². The van der Waals surface area contributed by atoms with Crippen molar-refractivity contribution in [2.75, 3.05) is 5.32 Å². The first-order chi connectivity index (χ1) is 7.25. The van der Waals surface area contributed by atoms with E-state index in [9.17, 15) is 0 Å². The normalized spacial score (nSPS) is 10.0. The van der Waals surface area contributed by atoms with Gasteiger partial charge in [0.1, 0.15) is 5.82 Å². The van der Waals surface area contributed by atoms with Crippen LogP contribution in [0.15, 0.2) is 35.2 Å². The standard InChI is InChI=1S/C9H6BrClN4/c10-7-5-13-9(11)15-8(7)14-6-1-3-12-4-2-6/h1-5H,(H,12,13,14,15). The number of hydrogen-bond acceptors (Lipinski definition) is 4. The van der Waals surface area contributed by atoms with Gasteiger partial charge in [0.15, 0.2) is 0 Å². The summed E-state index contributed by atoms with van der Waals surface area (Å²) in [6.45, 7) is 0. The molecule has 0 spiro atoms. The van der Waals surface area contributed by atoms with Gasteiger partial charge in [-0.25, -0.2) is 4.98 Å². The number of halogens is 2. The van der Waals surface area contributed by atoms with Crippen molar-refractivity contribution in [3.63, 3.8) is 0 Å². The molecule has 6 heteroatoms. The summed E-state index contributed by atoms with van der Waals surface area (Å²) >= 11 is 9.01. The first-order valence-corrected chi connectivity index (χ1v) is 5.28. The monoisotopic (exact) mass is 284 g/mol. The summed E-state index contributed by atoms with van der Waals surface area (Å²) in [5.41, 5.74) is 0.889. The van der Waals surface area contributed by atoms with Crippen molar-refractivity contribution in [1.82, 2.24) is 15.0 Å². The number of nitrogens with zero attached hydrogens (tertiary/aromatic N) is 3. The molecule has 0 aromatic carbocycles. The summed E-state index contributed by atoms with van der Waals surface area (Å²) in [7, 11) is 0. The molecule has 0 saturated heterocycles. The maximum absolute atomic E-state index is 5.69. The molecule has 2 heterocycles. The fraction of sp³-hybridized carbons (Fsp3) is 0. The molecule has 0 aliphatic rings. The molecule has 4 nitrogen and oxygen atoms in total. The van der Waals surface area contributed by atoms with E-state index in [1.54, 1.807) is 18.6 Å². The number of aromatic nitrogens is 3. The van der Waals surface area contributed by atoms with Crippen molar-refractivity contribution in [2.24, 2.45) is 0 Å². The van der Waals surface area contributed by atoms with E-state index in [-0.39, 0.29) is 5.28 Å². The van der Waals surface area contributed by atoms with Gasteiger partial charge in [0.25, 0.3) is 0 Å². The Labute approximate surface area is 99.9 Å². The fourth-order valence-electron chi connectivity index (χ4n) is 1.01. The van der Waals surface area contributed by atoms with Crippen LogP contribution in [-0.4, -0.2) is 15.0 Å². The highest BCUT2D eigenvalue weighted by molar-refractivity contribution is 9.10. The first kappa shape index (κ1) is 10.3. The van der Waals surface area contributed by atoms with E-state index in [2.05, 4.69) is 36.2 Å². The second-order valence-corrected chi connectivity index (χ2v) is 3.89. The highest BCUT2D eigenvalue weighted by Gasteiger charge is 2.03. The van der Waals surface area contributed by atoms with Gasteiger partial charge in [0.2, 0.25) is 5.28 Å². The Morgan fingerprint density at radius 3 is 2.73 bits per heavy atom. The van der Waals surface area contributed by atoms with Gasteiger partial charge < -0.3 is 5.32 Å². The molecule has 2 aromatic heterocycles. The van der Waals surface area contributed by atoms with Crippen LogP contribution < -0.4 is 5.32 Å². The molecule has 0 radical (unpaired) electrons. The summed E-state index contributed by atoms with van der Waals surface area (Å²) in [6.07, 6.45) is 4.98. The number of hydrogen-bond donors (Lipinski definition) is 1. The van der Waals surface area contributed by atoms with Gasteiger partial charge in [-0.1, -0.05) is 0 Å². The van der Waals surface area contributed by atoms with Crippen LogP contribution >= 0.6 is 27.5 Å². The van der Waals surface area contributed by atoms with Crippen molar-refractivity contribution in [2.45, 2.75) is 0 Å². The molecule has 0 unspecified atom stereocenters. The van der Waals surface area contributed by atoms with Gasteiger partial charge in [-0.15, -0.1) is 0 Å². The first-order valence-electron chi connectivity index (χ1n) is 4.11. The van der Waals surface area contributed by atoms with Gasteiger partial charge in [-0.05, 0) is 39.7 Å². The molecule has 15 heavy (non-hydrogen) atoms. The molecule has 0 amide bonds. The molecular weight excluding hydrogens is 279 g/mol. The summed E-state index contributed by atoms with van der Waals surface area (Å²) in [6, 6.07) is 3.67. The van der Waals surface area contributed by atoms with Crippen LogP contribution in [0.1, 0.15) is 0 Å². The molecule has 1 N–H and O–H groups in total. The van der Waals surface area contributed by atoms with Crippen LogP contribution in [0.5, 0.6) is 0 Å². The Kier molecular flexibility index (Phi) is 3.13. The van der Waals surface area contributed by atoms with Crippen LogP contribution in [0.2, 0.25) is 5.28 Å². The Morgan fingerprint density at radius 2 is 2.00 bits per heavy atom. The van der Waals surface area contributed by atoms with Crippen molar-refractivity contribution < 1.29 is 0 Å². The SMILES string of the molecule is Clc1ncc(Br)c(Nc2ccncc2)n1. The largest absolute Gasteiger partial charge is 0.339 e. The highest BCUT2D eigenvalue weighted by Crippen LogP contribution is 2.23. The Morgan fingerprint density at radius 1 is 1.27 bits per heavy atom. The van der Waals surface area contributed by atoms with Crippen LogP contribution in [0.3, 0.4) is 0 Å². The Balaban J connectivity index is 2.28. The van der Waals surface area contributed by atoms with Crippen LogP contribution in [0.4, 0.5) is 11.5 Å². The van der Waals surface area contributed by atoms with E-state index in [4.69, 9.17) is 11.6 Å². The summed E-state index contributed by atoms with van der Waals surface area (Å²) in [5, 5.41) is 3.29. The zero-order chi connectivity index (χ0) is 10.7. The number of nitrogens with one attached hydrogen (secondary N) is 1. The molecule has 0 bridgehead atoms. The lowest BCUT2D eigenvalue weighted by molar-refractivity contribution is 1.15. The molecule has 0 fully saturated rings. The predicted octanol–water partition coefficient (Wildman–Crippen LogP) is 3.03. The number of anilines is 2. The van der Waals surface area contributed by atoms with Gasteiger partial charge in [0, 0.05) is 24.3 Å². The fourth-order valence-corrected chi connectivity index (χ4v) is 1.43. The lowest BCUT2D eigenvalue weighted by atomic mass is 10.4. The van der Waals surface area contributed by atoms with E-state index in [1.807, 2.05) is 12.1 Å². The zero-order valence-electron chi connectivity index (χ0n) is 7.48. The van der Waals surface area contributed by atoms with Gasteiger partial charge in [0.05, 0.1) is 4.47 Å². The lowest BCUT2D eigenvalue weighted by Gasteiger charge is -2.06. The lowest BCUT2D eigenvalue weighted by Crippen LogP contribution is -1.96. The van der Waals surface area contributed by atoms with Crippen molar-refractivity contribution in [3.8, 4) is 0 Å². The average molecular weight is 286 g/mol. The predicted molar refractivity (Wildman–Crippen MR) is 62.3 cm³/mol. The third-order valence-electron chi connectivity index (χ3n) is 1.66. The molecule has 0 atom stereocenters. The van der Waals surface area contributed by atoms with Crippen molar-refractivity contribution in [1.29, 1.82) is 0 Å². The van der Waals surface area contributed by atoms with E-state index in [1.165, 1.54) is 0 Å². The molecule has 0 saturated carbocycles. The Bertz CT molecular complexity index is 463. The Hall–Kier alpha value is -1.20. The topological polar surface area (TPSA) is 50.7 Å². The summed E-state index contributed by atoms with van der Waals surface area (Å²) < 4.78 is 0.753. The molecule has 2 aromatic rings. The zero-order valence-corrected chi connectivity index (χ0v) is 9.83. The molecule has 0 aliphatic carbocycles. The maximum Gasteiger partial charge on any atom is 0.224 e. The maximum atomic E-state index is 5.69. The summed E-state index contributed by atoms with van der Waals surface area (Å²) in [4.78, 5) is 11.8. The van der Waals surface area contributed by atoms with Crippen LogP contribution in [0, 0.1) is 0 Å². The highest BCUT2D eigenvalue weighted by atomic mass is 79.9. The van der Waals surface area contributed by atoms with E-state index in [0.717, 1.165) is 10.2 Å². The van der Waals surface area contributed by atoms with E-state index >= 15 is 0 Å². The second-order valence-electron chi connectivity index (χ2n) is 2.70. The number of rotatable bonds is 2. The minimum atomic E-state index is 0.203. The second kappa shape index (κ2) is 4.55. The van der Waals surface area contributed by atoms with Gasteiger partial charge in [-0.2, -0.15) is 4.98 Å². The third kappa shape index (κ3) is 2.64. The van der Waals surface area contributed by atoms with Gasteiger partial charge in [-0.3, -0.25) is 4.98 Å². The van der Waals surface area contributed by atoms with E-state index < -0.39 is 0 Å². The minimum Gasteiger partial charge on any atom is -0.339 e. The molecule has 76 valence electrons. The smallest absolute Gasteiger partial charge is 0.224 e. The molecular formula is C9H6BrClN4. The van der Waals surface area contributed by atoms with Gasteiger partial charge >= 0.3 is 0 Å². The molecule has 0 aliphatic heterocycles. The third-order valence-corrected chi connectivity index (χ3v) is 2.42. The molecule has 2 rings (SSSR count).